The minimum absolute atomic E-state index is 0.0671. The number of likely N-dealkylation sites (tertiary alicyclic amines) is 1. The Morgan fingerprint density at radius 2 is 1.78 bits per heavy atom. The number of carbonyl (C=O) groups excluding carboxylic acids is 1. The third-order valence-corrected chi connectivity index (χ3v) is 6.83. The van der Waals surface area contributed by atoms with Gasteiger partial charge in [-0.3, -0.25) is 4.79 Å². The minimum atomic E-state index is -3.48. The number of carbonyl (C=O) groups is 1. The summed E-state index contributed by atoms with van der Waals surface area (Å²) in [6.45, 7) is 3.95. The Morgan fingerprint density at radius 1 is 1.13 bits per heavy atom. The van der Waals surface area contributed by atoms with E-state index in [2.05, 4.69) is 6.92 Å². The molecular weight excluding hydrogens is 314 g/mol. The smallest absolute Gasteiger partial charge is 0.270 e. The molecule has 0 radical (unpaired) electrons. The monoisotopic (exact) mass is 339 g/mol. The van der Waals surface area contributed by atoms with Gasteiger partial charge in [0.25, 0.3) is 5.91 Å². The molecule has 3 heterocycles. The van der Waals surface area contributed by atoms with Gasteiger partial charge in [0.05, 0.1) is 0 Å². The molecule has 1 aromatic heterocycles. The van der Waals surface area contributed by atoms with Gasteiger partial charge >= 0.3 is 0 Å². The Bertz CT molecular complexity index is 689. The van der Waals surface area contributed by atoms with Crippen LogP contribution in [0.2, 0.25) is 0 Å². The molecule has 3 rings (SSSR count). The van der Waals surface area contributed by atoms with Gasteiger partial charge in [-0.25, -0.2) is 8.42 Å². The fourth-order valence-corrected chi connectivity index (χ4v) is 5.10. The number of hydrogen-bond donors (Lipinski definition) is 0. The van der Waals surface area contributed by atoms with E-state index in [0.717, 1.165) is 38.6 Å². The van der Waals surface area contributed by atoms with Crippen LogP contribution in [-0.2, 0) is 17.1 Å². The van der Waals surface area contributed by atoms with Crippen molar-refractivity contribution in [2.75, 3.05) is 19.6 Å². The summed E-state index contributed by atoms with van der Waals surface area (Å²) >= 11 is 0. The molecule has 7 heteroatoms. The zero-order valence-corrected chi connectivity index (χ0v) is 14.7. The molecule has 0 unspecified atom stereocenters. The molecule has 1 amide bonds. The van der Waals surface area contributed by atoms with Crippen molar-refractivity contribution in [3.63, 3.8) is 0 Å². The summed E-state index contributed by atoms with van der Waals surface area (Å²) in [4.78, 5) is 14.9. The van der Waals surface area contributed by atoms with Crippen molar-refractivity contribution in [2.24, 2.45) is 7.05 Å². The second-order valence-electron chi connectivity index (χ2n) is 6.63. The van der Waals surface area contributed by atoms with Gasteiger partial charge in [-0.2, -0.15) is 4.31 Å². The quantitative estimate of drug-likeness (QED) is 0.844. The van der Waals surface area contributed by atoms with E-state index < -0.39 is 10.0 Å². The molecule has 0 bridgehead atoms. The lowest BCUT2D eigenvalue weighted by Crippen LogP contribution is -2.42. The standard InChI is InChI=1S/C16H25N3O3S/c1-13-7-3-4-10-19(13)16(20)15-11-14(12-17(15)2)23(21,22)18-8-5-6-9-18/h11-13H,3-10H2,1-2H3/t13-/m0/s1. The van der Waals surface area contributed by atoms with Crippen LogP contribution in [0.1, 0.15) is 49.5 Å². The first kappa shape index (κ1) is 16.5. The fourth-order valence-electron chi connectivity index (χ4n) is 3.51. The summed E-state index contributed by atoms with van der Waals surface area (Å²) in [6, 6.07) is 1.75. The van der Waals surface area contributed by atoms with E-state index in [1.807, 2.05) is 4.90 Å². The van der Waals surface area contributed by atoms with Crippen LogP contribution in [0.15, 0.2) is 17.2 Å². The number of nitrogens with zero attached hydrogens (tertiary/aromatic N) is 3. The second-order valence-corrected chi connectivity index (χ2v) is 8.56. The molecule has 128 valence electrons. The van der Waals surface area contributed by atoms with E-state index in [1.54, 1.807) is 17.8 Å². The molecule has 0 saturated carbocycles. The Morgan fingerprint density at radius 3 is 2.43 bits per heavy atom. The molecule has 0 aliphatic carbocycles. The fraction of sp³-hybridized carbons (Fsp3) is 0.688. The Balaban J connectivity index is 1.87. The Labute approximate surface area is 138 Å². The first-order valence-electron chi connectivity index (χ1n) is 8.39. The summed E-state index contributed by atoms with van der Waals surface area (Å²) in [6.07, 6.45) is 6.54. The Hall–Kier alpha value is -1.34. The van der Waals surface area contributed by atoms with Crippen molar-refractivity contribution < 1.29 is 13.2 Å². The molecule has 0 aromatic carbocycles. The van der Waals surface area contributed by atoms with Crippen LogP contribution in [0.5, 0.6) is 0 Å². The molecule has 2 fully saturated rings. The van der Waals surface area contributed by atoms with Crippen LogP contribution in [0, 0.1) is 0 Å². The van der Waals surface area contributed by atoms with Crippen LogP contribution < -0.4 is 0 Å². The van der Waals surface area contributed by atoms with Crippen molar-refractivity contribution in [2.45, 2.75) is 50.0 Å². The highest BCUT2D eigenvalue weighted by Crippen LogP contribution is 2.25. The lowest BCUT2D eigenvalue weighted by Gasteiger charge is -2.33. The Kier molecular flexibility index (Phi) is 4.51. The van der Waals surface area contributed by atoms with Crippen molar-refractivity contribution in [1.29, 1.82) is 0 Å². The van der Waals surface area contributed by atoms with Crippen LogP contribution in [0.4, 0.5) is 0 Å². The van der Waals surface area contributed by atoms with E-state index in [1.165, 1.54) is 10.4 Å². The van der Waals surface area contributed by atoms with Crippen LogP contribution in [0.25, 0.3) is 0 Å². The summed E-state index contributed by atoms with van der Waals surface area (Å²) in [5.41, 5.74) is 0.455. The molecule has 1 aromatic rings. The normalized spacial score (nSPS) is 23.4. The average molecular weight is 339 g/mol. The minimum Gasteiger partial charge on any atom is -0.345 e. The number of sulfonamides is 1. The van der Waals surface area contributed by atoms with Crippen LogP contribution >= 0.6 is 0 Å². The van der Waals surface area contributed by atoms with E-state index in [9.17, 15) is 13.2 Å². The number of hydrogen-bond acceptors (Lipinski definition) is 3. The predicted molar refractivity (Wildman–Crippen MR) is 87.8 cm³/mol. The van der Waals surface area contributed by atoms with Crippen molar-refractivity contribution in [1.82, 2.24) is 13.8 Å². The summed E-state index contributed by atoms with van der Waals surface area (Å²) < 4.78 is 28.5. The van der Waals surface area contributed by atoms with Gasteiger partial charge in [0.15, 0.2) is 0 Å². The van der Waals surface area contributed by atoms with Gasteiger partial charge in [0, 0.05) is 38.9 Å². The van der Waals surface area contributed by atoms with Gasteiger partial charge < -0.3 is 9.47 Å². The van der Waals surface area contributed by atoms with Crippen LogP contribution in [-0.4, -0.2) is 53.8 Å². The average Bonchev–Trinajstić information content (AvgIpc) is 3.17. The first-order chi connectivity index (χ1) is 10.9. The predicted octanol–water partition coefficient (Wildman–Crippen LogP) is 1.82. The van der Waals surface area contributed by atoms with Gasteiger partial charge in [0.1, 0.15) is 10.6 Å². The SMILES string of the molecule is C[C@H]1CCCCN1C(=O)c1cc(S(=O)(=O)N2CCCC2)cn1C. The van der Waals surface area contributed by atoms with E-state index >= 15 is 0 Å². The van der Waals surface area contributed by atoms with Crippen molar-refractivity contribution in [3.8, 4) is 0 Å². The molecule has 0 spiro atoms. The molecule has 2 aliphatic heterocycles. The second kappa shape index (κ2) is 6.28. The van der Waals surface area contributed by atoms with Gasteiger partial charge in [-0.1, -0.05) is 0 Å². The van der Waals surface area contributed by atoms with E-state index in [-0.39, 0.29) is 16.8 Å². The van der Waals surface area contributed by atoms with E-state index in [0.29, 0.717) is 18.8 Å². The van der Waals surface area contributed by atoms with Gasteiger partial charge in [-0.05, 0) is 45.1 Å². The highest BCUT2D eigenvalue weighted by molar-refractivity contribution is 7.89. The van der Waals surface area contributed by atoms with Crippen molar-refractivity contribution >= 4 is 15.9 Å². The van der Waals surface area contributed by atoms with Crippen LogP contribution in [0.3, 0.4) is 0 Å². The maximum Gasteiger partial charge on any atom is 0.270 e. The van der Waals surface area contributed by atoms with Gasteiger partial charge in [-0.15, -0.1) is 0 Å². The third-order valence-electron chi connectivity index (χ3n) is 4.97. The highest BCUT2D eigenvalue weighted by atomic mass is 32.2. The van der Waals surface area contributed by atoms with Gasteiger partial charge in [0.2, 0.25) is 10.0 Å². The number of piperidine rings is 1. The molecule has 6 nitrogen and oxygen atoms in total. The molecule has 0 N–H and O–H groups in total. The zero-order chi connectivity index (χ0) is 16.6. The topological polar surface area (TPSA) is 62.6 Å². The number of aromatic nitrogens is 1. The molecule has 2 saturated heterocycles. The maximum absolute atomic E-state index is 12.8. The maximum atomic E-state index is 12.8. The highest BCUT2D eigenvalue weighted by Gasteiger charge is 2.31. The lowest BCUT2D eigenvalue weighted by molar-refractivity contribution is 0.0625. The lowest BCUT2D eigenvalue weighted by atomic mass is 10.0. The number of amides is 1. The molecule has 23 heavy (non-hydrogen) atoms. The largest absolute Gasteiger partial charge is 0.345 e. The molecule has 2 aliphatic rings. The third kappa shape index (κ3) is 3.04. The number of aryl methyl sites for hydroxylation is 1. The van der Waals surface area contributed by atoms with E-state index in [4.69, 9.17) is 0 Å². The zero-order valence-electron chi connectivity index (χ0n) is 13.9. The van der Waals surface area contributed by atoms with Crippen molar-refractivity contribution in [3.05, 3.63) is 18.0 Å². The first-order valence-corrected chi connectivity index (χ1v) is 9.83. The summed E-state index contributed by atoms with van der Waals surface area (Å²) in [7, 11) is -1.74. The number of rotatable bonds is 3. The molecular formula is C16H25N3O3S. The molecule has 1 atom stereocenters. The summed E-state index contributed by atoms with van der Waals surface area (Å²) in [5, 5.41) is 0. The summed E-state index contributed by atoms with van der Waals surface area (Å²) in [5.74, 6) is -0.0671.